The molecule has 0 aliphatic carbocycles. The summed E-state index contributed by atoms with van der Waals surface area (Å²) in [6.07, 6.45) is 2.13. The molecule has 2 saturated heterocycles. The molecule has 0 unspecified atom stereocenters. The van der Waals surface area contributed by atoms with Crippen LogP contribution >= 0.6 is 0 Å². The average Bonchev–Trinajstić information content (AvgIpc) is 3.04. The molecule has 0 spiro atoms. The van der Waals surface area contributed by atoms with Crippen LogP contribution in [0.2, 0.25) is 0 Å². The molecule has 2 aromatic heterocycles. The van der Waals surface area contributed by atoms with Crippen molar-refractivity contribution in [1.82, 2.24) is 25.1 Å². The highest BCUT2D eigenvalue weighted by molar-refractivity contribution is 5.87. The van der Waals surface area contributed by atoms with Crippen LogP contribution in [-0.4, -0.2) is 122 Å². The number of methoxy groups -OCH3 is 2. The molecule has 0 atom stereocenters. The van der Waals surface area contributed by atoms with Crippen molar-refractivity contribution in [2.75, 3.05) is 71.5 Å². The van der Waals surface area contributed by atoms with Crippen molar-refractivity contribution in [3.8, 4) is 0 Å². The van der Waals surface area contributed by atoms with Gasteiger partial charge in [0.1, 0.15) is 28.4 Å². The van der Waals surface area contributed by atoms with Crippen LogP contribution in [0.15, 0.2) is 36.7 Å². The first-order valence-electron chi connectivity index (χ1n) is 15.2. The van der Waals surface area contributed by atoms with Crippen LogP contribution in [0.5, 0.6) is 0 Å². The van der Waals surface area contributed by atoms with Gasteiger partial charge < -0.3 is 39.0 Å². The van der Waals surface area contributed by atoms with E-state index in [1.807, 2.05) is 47.6 Å². The van der Waals surface area contributed by atoms with Gasteiger partial charge in [-0.3, -0.25) is 0 Å². The van der Waals surface area contributed by atoms with Crippen molar-refractivity contribution in [2.24, 2.45) is 0 Å². The Labute approximate surface area is 275 Å². The topological polar surface area (TPSA) is 153 Å². The summed E-state index contributed by atoms with van der Waals surface area (Å²) in [6.45, 7) is 17.0. The number of pyridine rings is 2. The Balaban J connectivity index is 0.000000270. The highest BCUT2D eigenvalue weighted by Crippen LogP contribution is 2.18. The minimum absolute atomic E-state index is 0.105. The van der Waals surface area contributed by atoms with Crippen LogP contribution in [0.25, 0.3) is 0 Å². The van der Waals surface area contributed by atoms with Crippen molar-refractivity contribution < 1.29 is 42.5 Å². The van der Waals surface area contributed by atoms with Gasteiger partial charge in [-0.25, -0.2) is 33.5 Å². The first-order valence-corrected chi connectivity index (χ1v) is 15.2. The number of amides is 2. The number of rotatable bonds is 3. The van der Waals surface area contributed by atoms with Gasteiger partial charge in [-0.2, -0.15) is 0 Å². The second kappa shape index (κ2) is 18.0. The van der Waals surface area contributed by atoms with Gasteiger partial charge in [0.15, 0.2) is 0 Å². The monoisotopic (exact) mass is 662 g/mol. The van der Waals surface area contributed by atoms with Crippen molar-refractivity contribution >= 4 is 29.8 Å². The van der Waals surface area contributed by atoms with Gasteiger partial charge in [0.05, 0.1) is 32.3 Å². The lowest BCUT2D eigenvalue weighted by Gasteiger charge is -2.36. The van der Waals surface area contributed by atoms with Gasteiger partial charge in [0, 0.05) is 52.4 Å². The second-order valence-electron chi connectivity index (χ2n) is 12.4. The third kappa shape index (κ3) is 14.2. The lowest BCUT2D eigenvalue weighted by atomic mass is 10.2. The maximum atomic E-state index is 12.2. The number of piperazine rings is 2. The summed E-state index contributed by atoms with van der Waals surface area (Å²) >= 11 is 0. The SMILES string of the molecule is CC(C)(C)OC(=O)N1CCNCC1.COC(=O)c1ccc(F)cn1.COC(=O)c1ccc(N2CCN(C(=O)OC(C)(C)C)CC2)cn1. The van der Waals surface area contributed by atoms with Gasteiger partial charge in [-0.15, -0.1) is 0 Å². The minimum Gasteiger partial charge on any atom is -0.464 e. The third-order valence-electron chi connectivity index (χ3n) is 6.33. The van der Waals surface area contributed by atoms with E-state index in [2.05, 4.69) is 29.7 Å². The van der Waals surface area contributed by atoms with Gasteiger partial charge in [0.2, 0.25) is 0 Å². The van der Waals surface area contributed by atoms with Gasteiger partial charge in [0.25, 0.3) is 0 Å². The molecule has 0 aromatic carbocycles. The molecule has 2 aliphatic heterocycles. The fourth-order valence-electron chi connectivity index (χ4n) is 4.05. The summed E-state index contributed by atoms with van der Waals surface area (Å²) in [4.78, 5) is 58.8. The van der Waals surface area contributed by atoms with Crippen molar-refractivity contribution in [2.45, 2.75) is 52.7 Å². The number of nitrogens with one attached hydrogen (secondary N) is 1. The molecule has 2 fully saturated rings. The van der Waals surface area contributed by atoms with Crippen LogP contribution in [0.4, 0.5) is 19.7 Å². The molecule has 0 saturated carbocycles. The minimum atomic E-state index is -0.565. The van der Waals surface area contributed by atoms with E-state index >= 15 is 0 Å². The third-order valence-corrected chi connectivity index (χ3v) is 6.33. The zero-order valence-electron chi connectivity index (χ0n) is 28.5. The van der Waals surface area contributed by atoms with E-state index in [-0.39, 0.29) is 29.2 Å². The Hall–Kier alpha value is -4.53. The second-order valence-corrected chi connectivity index (χ2v) is 12.4. The van der Waals surface area contributed by atoms with Crippen LogP contribution in [0.3, 0.4) is 0 Å². The first kappa shape index (κ1) is 38.7. The van der Waals surface area contributed by atoms with Crippen molar-refractivity contribution in [3.05, 3.63) is 53.9 Å². The van der Waals surface area contributed by atoms with Crippen molar-refractivity contribution in [1.29, 1.82) is 0 Å². The fourth-order valence-corrected chi connectivity index (χ4v) is 4.05. The summed E-state index contributed by atoms with van der Waals surface area (Å²) in [5.41, 5.74) is 0.433. The lowest BCUT2D eigenvalue weighted by molar-refractivity contribution is 0.0223. The molecule has 4 heterocycles. The number of aromatic nitrogens is 2. The molecule has 2 aliphatic rings. The van der Waals surface area contributed by atoms with Gasteiger partial charge >= 0.3 is 24.1 Å². The number of ether oxygens (including phenoxy) is 4. The number of carbonyl (C=O) groups excluding carboxylic acids is 4. The first-order chi connectivity index (χ1) is 22.0. The standard InChI is InChI=1S/C16H23N3O4.C9H18N2O2.C7H6FNO2/c1-16(2,3)23-15(21)19-9-7-18(8-10-19)12-5-6-13(17-11-12)14(20)22-4;1-9(2,3)13-8(12)11-6-4-10-5-7-11;1-11-7(10)6-3-2-5(8)4-9-6/h5-6,11H,7-10H2,1-4H3;10H,4-7H2,1-3H3;2-4H,1H3. The number of esters is 2. The molecule has 0 bridgehead atoms. The zero-order chi connectivity index (χ0) is 35.2. The molecule has 14 nitrogen and oxygen atoms in total. The summed E-state index contributed by atoms with van der Waals surface area (Å²) in [5.74, 6) is -1.49. The number of hydrogen-bond donors (Lipinski definition) is 1. The highest BCUT2D eigenvalue weighted by Gasteiger charge is 2.26. The summed E-state index contributed by atoms with van der Waals surface area (Å²) in [5, 5.41) is 3.18. The van der Waals surface area contributed by atoms with E-state index in [4.69, 9.17) is 9.47 Å². The number of anilines is 1. The summed E-state index contributed by atoms with van der Waals surface area (Å²) in [7, 11) is 2.57. The molecular formula is C32H47FN6O8. The smallest absolute Gasteiger partial charge is 0.410 e. The van der Waals surface area contributed by atoms with E-state index in [9.17, 15) is 23.6 Å². The maximum Gasteiger partial charge on any atom is 0.410 e. The molecule has 260 valence electrons. The van der Waals surface area contributed by atoms with Crippen LogP contribution < -0.4 is 10.2 Å². The van der Waals surface area contributed by atoms with E-state index in [1.54, 1.807) is 22.1 Å². The predicted molar refractivity (Wildman–Crippen MR) is 172 cm³/mol. The molecule has 2 aromatic rings. The number of hydrogen-bond acceptors (Lipinski definition) is 12. The fraction of sp³-hybridized carbons (Fsp3) is 0.562. The molecule has 4 rings (SSSR count). The molecule has 47 heavy (non-hydrogen) atoms. The Morgan fingerprint density at radius 1 is 0.681 bits per heavy atom. The Kier molecular flexibility index (Phi) is 14.8. The Morgan fingerprint density at radius 3 is 1.51 bits per heavy atom. The van der Waals surface area contributed by atoms with E-state index in [1.165, 1.54) is 20.3 Å². The molecule has 2 amide bonds. The van der Waals surface area contributed by atoms with Crippen LogP contribution in [0, 0.1) is 5.82 Å². The summed E-state index contributed by atoms with van der Waals surface area (Å²) < 4.78 is 31.8. The van der Waals surface area contributed by atoms with E-state index < -0.39 is 23.4 Å². The van der Waals surface area contributed by atoms with E-state index in [0.29, 0.717) is 26.2 Å². The van der Waals surface area contributed by atoms with E-state index in [0.717, 1.165) is 44.1 Å². The highest BCUT2D eigenvalue weighted by atomic mass is 19.1. The normalized spacial score (nSPS) is 14.8. The quantitative estimate of drug-likeness (QED) is 0.376. The number of nitrogens with zero attached hydrogens (tertiary/aromatic N) is 5. The van der Waals surface area contributed by atoms with Crippen molar-refractivity contribution in [3.63, 3.8) is 0 Å². The lowest BCUT2D eigenvalue weighted by Crippen LogP contribution is -2.50. The Morgan fingerprint density at radius 2 is 1.13 bits per heavy atom. The zero-order valence-corrected chi connectivity index (χ0v) is 28.5. The van der Waals surface area contributed by atoms with Gasteiger partial charge in [-0.1, -0.05) is 0 Å². The number of carbonyl (C=O) groups is 4. The van der Waals surface area contributed by atoms with Crippen LogP contribution in [0.1, 0.15) is 62.5 Å². The Bertz CT molecular complexity index is 1300. The molecular weight excluding hydrogens is 615 g/mol. The van der Waals surface area contributed by atoms with Gasteiger partial charge in [-0.05, 0) is 65.8 Å². The molecule has 1 N–H and O–H groups in total. The molecule has 0 radical (unpaired) electrons. The molecule has 15 heteroatoms. The number of halogens is 1. The predicted octanol–water partition coefficient (Wildman–Crippen LogP) is 3.76. The maximum absolute atomic E-state index is 12.2. The average molecular weight is 663 g/mol. The largest absolute Gasteiger partial charge is 0.464 e. The van der Waals surface area contributed by atoms with Crippen LogP contribution in [-0.2, 0) is 18.9 Å². The summed E-state index contributed by atoms with van der Waals surface area (Å²) in [6, 6.07) is 5.89.